The third-order valence-electron chi connectivity index (χ3n) is 5.04. The molecular formula is C19H16F3N9. The molecule has 0 radical (unpaired) electrons. The van der Waals surface area contributed by atoms with Gasteiger partial charge in [0.2, 0.25) is 0 Å². The Hall–Kier alpha value is -3.83. The van der Waals surface area contributed by atoms with E-state index in [2.05, 4.69) is 35.4 Å². The van der Waals surface area contributed by atoms with E-state index in [4.69, 9.17) is 0 Å². The lowest BCUT2D eigenvalue weighted by Gasteiger charge is -2.35. The molecule has 0 spiro atoms. The van der Waals surface area contributed by atoms with Gasteiger partial charge in [0.15, 0.2) is 11.5 Å². The number of aromatic nitrogens is 7. The molecule has 4 aromatic heterocycles. The normalized spacial score (nSPS) is 14.9. The minimum atomic E-state index is -4.62. The van der Waals surface area contributed by atoms with Gasteiger partial charge in [0.1, 0.15) is 5.82 Å². The highest BCUT2D eigenvalue weighted by atomic mass is 19.4. The first-order valence-electron chi connectivity index (χ1n) is 9.53. The summed E-state index contributed by atoms with van der Waals surface area (Å²) in [6, 6.07) is 10.7. The predicted molar refractivity (Wildman–Crippen MR) is 105 cm³/mol. The summed E-state index contributed by atoms with van der Waals surface area (Å²) in [5.74, 6) is 0.0521. The molecule has 5 heterocycles. The summed E-state index contributed by atoms with van der Waals surface area (Å²) in [4.78, 5) is 8.09. The number of hydrogen-bond acceptors (Lipinski definition) is 8. The smallest absolute Gasteiger partial charge is 0.352 e. The Morgan fingerprint density at radius 2 is 1.52 bits per heavy atom. The summed E-state index contributed by atoms with van der Waals surface area (Å²) < 4.78 is 40.0. The van der Waals surface area contributed by atoms with E-state index >= 15 is 0 Å². The summed E-state index contributed by atoms with van der Waals surface area (Å²) in [6.45, 7) is 2.42. The Labute approximate surface area is 174 Å². The average Bonchev–Trinajstić information content (AvgIpc) is 3.24. The standard InChI is InChI=1S/C19H16F3N9/c20-19(21,22)18-27-26-16-5-6-17(28-31(16)18)30-10-8-29(9-11-30)15-4-3-14(24-25-15)13-2-1-7-23-12-13/h1-7,12H,8-11H2. The molecule has 0 aromatic carbocycles. The highest BCUT2D eigenvalue weighted by molar-refractivity contribution is 5.58. The largest absolute Gasteiger partial charge is 0.453 e. The van der Waals surface area contributed by atoms with Crippen LogP contribution in [0.25, 0.3) is 16.9 Å². The molecule has 0 unspecified atom stereocenters. The van der Waals surface area contributed by atoms with Crippen LogP contribution in [0.4, 0.5) is 24.8 Å². The Balaban J connectivity index is 1.29. The van der Waals surface area contributed by atoms with Gasteiger partial charge in [-0.3, -0.25) is 4.98 Å². The van der Waals surface area contributed by atoms with Crippen molar-refractivity contribution >= 4 is 17.3 Å². The molecule has 1 saturated heterocycles. The SMILES string of the molecule is FC(F)(F)c1nnc2ccc(N3CCN(c4ccc(-c5cccnc5)nn4)CC3)nn12. The van der Waals surface area contributed by atoms with Crippen LogP contribution in [0.5, 0.6) is 0 Å². The lowest BCUT2D eigenvalue weighted by Crippen LogP contribution is -2.47. The second-order valence-corrected chi connectivity index (χ2v) is 6.98. The van der Waals surface area contributed by atoms with Crippen molar-refractivity contribution in [2.24, 2.45) is 0 Å². The Morgan fingerprint density at radius 3 is 2.16 bits per heavy atom. The van der Waals surface area contributed by atoms with Crippen LogP contribution in [0.1, 0.15) is 5.82 Å². The van der Waals surface area contributed by atoms with Crippen LogP contribution in [0, 0.1) is 0 Å². The first-order chi connectivity index (χ1) is 15.0. The van der Waals surface area contributed by atoms with Gasteiger partial charge in [0, 0.05) is 44.1 Å². The van der Waals surface area contributed by atoms with E-state index in [-0.39, 0.29) is 5.65 Å². The lowest BCUT2D eigenvalue weighted by molar-refractivity contribution is -0.146. The number of fused-ring (bicyclic) bond motifs is 1. The number of hydrogen-bond donors (Lipinski definition) is 0. The van der Waals surface area contributed by atoms with Crippen molar-refractivity contribution in [2.75, 3.05) is 36.0 Å². The van der Waals surface area contributed by atoms with Gasteiger partial charge in [-0.15, -0.1) is 25.5 Å². The van der Waals surface area contributed by atoms with Crippen molar-refractivity contribution in [1.82, 2.24) is 35.0 Å². The van der Waals surface area contributed by atoms with Crippen molar-refractivity contribution in [3.8, 4) is 11.3 Å². The Bertz CT molecular complexity index is 1180. The maximum atomic E-state index is 13.1. The van der Waals surface area contributed by atoms with Crippen LogP contribution >= 0.6 is 0 Å². The fraction of sp³-hybridized carbons (Fsp3) is 0.263. The van der Waals surface area contributed by atoms with Crippen LogP contribution in [-0.2, 0) is 6.18 Å². The van der Waals surface area contributed by atoms with Crippen LogP contribution in [0.2, 0.25) is 0 Å². The summed E-state index contributed by atoms with van der Waals surface area (Å²) in [6.07, 6.45) is -1.19. The molecule has 5 rings (SSSR count). The van der Waals surface area contributed by atoms with Crippen LogP contribution < -0.4 is 9.80 Å². The first-order valence-corrected chi connectivity index (χ1v) is 9.53. The molecule has 1 aliphatic heterocycles. The zero-order chi connectivity index (χ0) is 21.4. The van der Waals surface area contributed by atoms with Crippen molar-refractivity contribution in [3.63, 3.8) is 0 Å². The molecule has 31 heavy (non-hydrogen) atoms. The van der Waals surface area contributed by atoms with Gasteiger partial charge in [-0.1, -0.05) is 0 Å². The lowest BCUT2D eigenvalue weighted by atomic mass is 10.2. The van der Waals surface area contributed by atoms with Gasteiger partial charge in [-0.05, 0) is 36.4 Å². The van der Waals surface area contributed by atoms with E-state index in [9.17, 15) is 13.2 Å². The molecule has 0 aliphatic carbocycles. The fourth-order valence-electron chi connectivity index (χ4n) is 3.45. The number of nitrogens with zero attached hydrogens (tertiary/aromatic N) is 9. The maximum Gasteiger partial charge on any atom is 0.453 e. The number of rotatable bonds is 3. The average molecular weight is 427 g/mol. The highest BCUT2D eigenvalue weighted by Crippen LogP contribution is 2.28. The molecule has 0 amide bonds. The molecular weight excluding hydrogens is 411 g/mol. The third kappa shape index (κ3) is 3.71. The molecule has 0 atom stereocenters. The van der Waals surface area contributed by atoms with E-state index < -0.39 is 12.0 Å². The number of anilines is 2. The topological polar surface area (TPSA) is 88.2 Å². The molecule has 0 N–H and O–H groups in total. The van der Waals surface area contributed by atoms with Crippen molar-refractivity contribution in [2.45, 2.75) is 6.18 Å². The minimum absolute atomic E-state index is 0.0543. The van der Waals surface area contributed by atoms with E-state index in [0.717, 1.165) is 21.6 Å². The Morgan fingerprint density at radius 1 is 0.774 bits per heavy atom. The molecule has 9 nitrogen and oxygen atoms in total. The van der Waals surface area contributed by atoms with Gasteiger partial charge in [-0.2, -0.15) is 17.7 Å². The minimum Gasteiger partial charge on any atom is -0.352 e. The molecule has 12 heteroatoms. The second-order valence-electron chi connectivity index (χ2n) is 6.98. The number of halogens is 3. The zero-order valence-corrected chi connectivity index (χ0v) is 16.1. The summed E-state index contributed by atoms with van der Waals surface area (Å²) in [7, 11) is 0. The van der Waals surface area contributed by atoms with E-state index in [1.165, 1.54) is 6.07 Å². The number of alkyl halides is 3. The second kappa shape index (κ2) is 7.45. The van der Waals surface area contributed by atoms with Gasteiger partial charge in [0.05, 0.1) is 5.69 Å². The van der Waals surface area contributed by atoms with Gasteiger partial charge in [0.25, 0.3) is 5.82 Å². The van der Waals surface area contributed by atoms with Gasteiger partial charge in [-0.25, -0.2) is 0 Å². The summed E-state index contributed by atoms with van der Waals surface area (Å²) in [5.41, 5.74) is 1.68. The van der Waals surface area contributed by atoms with E-state index in [0.29, 0.717) is 32.0 Å². The highest BCUT2D eigenvalue weighted by Gasteiger charge is 2.37. The molecule has 4 aromatic rings. The van der Waals surface area contributed by atoms with Gasteiger partial charge < -0.3 is 9.80 Å². The quantitative estimate of drug-likeness (QED) is 0.492. The molecule has 0 bridgehead atoms. The monoisotopic (exact) mass is 427 g/mol. The van der Waals surface area contributed by atoms with Crippen LogP contribution in [-0.4, -0.2) is 61.2 Å². The van der Waals surface area contributed by atoms with Crippen molar-refractivity contribution < 1.29 is 13.2 Å². The predicted octanol–water partition coefficient (Wildman–Crippen LogP) is 2.32. The van der Waals surface area contributed by atoms with Crippen LogP contribution in [0.15, 0.2) is 48.8 Å². The number of pyridine rings is 1. The molecule has 158 valence electrons. The summed E-state index contributed by atoms with van der Waals surface area (Å²) >= 11 is 0. The van der Waals surface area contributed by atoms with E-state index in [1.807, 2.05) is 29.2 Å². The van der Waals surface area contributed by atoms with Crippen LogP contribution in [0.3, 0.4) is 0 Å². The molecule has 1 fully saturated rings. The number of piperazine rings is 1. The van der Waals surface area contributed by atoms with Crippen molar-refractivity contribution in [1.29, 1.82) is 0 Å². The van der Waals surface area contributed by atoms with E-state index in [1.54, 1.807) is 18.5 Å². The third-order valence-corrected chi connectivity index (χ3v) is 5.04. The molecule has 0 saturated carbocycles. The molecule has 1 aliphatic rings. The maximum absolute atomic E-state index is 13.1. The zero-order valence-electron chi connectivity index (χ0n) is 16.1. The first kappa shape index (κ1) is 19.2. The van der Waals surface area contributed by atoms with Gasteiger partial charge >= 0.3 is 6.18 Å². The Kier molecular flexibility index (Phi) is 4.60. The fourth-order valence-corrected chi connectivity index (χ4v) is 3.45. The summed E-state index contributed by atoms with van der Waals surface area (Å²) in [5, 5.41) is 19.5. The van der Waals surface area contributed by atoms with Crippen molar-refractivity contribution in [3.05, 3.63) is 54.6 Å².